The van der Waals surface area contributed by atoms with Gasteiger partial charge in [-0.25, -0.2) is 0 Å². The molecule has 0 aliphatic carbocycles. The summed E-state index contributed by atoms with van der Waals surface area (Å²) in [5.41, 5.74) is 1.33. The highest BCUT2D eigenvalue weighted by molar-refractivity contribution is 9.10. The van der Waals surface area contributed by atoms with Crippen LogP contribution in [0.25, 0.3) is 6.08 Å². The van der Waals surface area contributed by atoms with Crippen LogP contribution in [0.4, 0.5) is 5.69 Å². The summed E-state index contributed by atoms with van der Waals surface area (Å²) in [4.78, 5) is 25.1. The van der Waals surface area contributed by atoms with Gasteiger partial charge >= 0.3 is 0 Å². The van der Waals surface area contributed by atoms with E-state index < -0.39 is 0 Å². The first kappa shape index (κ1) is 22.6. The number of ether oxygens (including phenoxy) is 3. The topological polar surface area (TPSA) is 73.9 Å². The molecule has 31 heavy (non-hydrogen) atoms. The second-order valence-corrected chi connectivity index (χ2v) is 8.10. The molecular weight excluding hydrogens is 482 g/mol. The van der Waals surface area contributed by atoms with Gasteiger partial charge in [0.05, 0.1) is 24.8 Å². The van der Waals surface area contributed by atoms with E-state index in [2.05, 4.69) is 21.2 Å². The zero-order valence-corrected chi connectivity index (χ0v) is 19.3. The smallest absolute Gasteiger partial charge is 0.262 e. The first-order valence-corrected chi connectivity index (χ1v) is 10.9. The molecule has 0 unspecified atom stereocenters. The molecule has 0 bridgehead atoms. The van der Waals surface area contributed by atoms with E-state index in [4.69, 9.17) is 14.2 Å². The Morgan fingerprint density at radius 1 is 1.03 bits per heavy atom. The number of nitrogens with one attached hydrogen (secondary N) is 1. The lowest BCUT2D eigenvalue weighted by atomic mass is 10.1. The maximum atomic E-state index is 12.3. The van der Waals surface area contributed by atoms with Gasteiger partial charge in [0, 0.05) is 9.85 Å². The molecular formula is C23H20BrNO5S. The van der Waals surface area contributed by atoms with Crippen LogP contribution in [0.1, 0.15) is 15.2 Å². The number of anilines is 1. The number of carbonyl (C=O) groups is 2. The van der Waals surface area contributed by atoms with Gasteiger partial charge in [0.15, 0.2) is 23.9 Å². The number of hydrogen-bond acceptors (Lipinski definition) is 6. The molecule has 1 N–H and O–H groups in total. The lowest BCUT2D eigenvalue weighted by molar-refractivity contribution is -0.118. The third-order valence-corrected chi connectivity index (χ3v) is 5.87. The zero-order valence-electron chi connectivity index (χ0n) is 16.9. The van der Waals surface area contributed by atoms with Gasteiger partial charge in [-0.2, -0.15) is 0 Å². The minimum atomic E-state index is -0.330. The molecule has 3 aromatic rings. The maximum absolute atomic E-state index is 12.3. The predicted molar refractivity (Wildman–Crippen MR) is 125 cm³/mol. The number of allylic oxidation sites excluding steroid dienone is 1. The van der Waals surface area contributed by atoms with Crippen molar-refractivity contribution in [1.29, 1.82) is 0 Å². The Balaban J connectivity index is 1.62. The van der Waals surface area contributed by atoms with Gasteiger partial charge in [0.25, 0.3) is 5.91 Å². The SMILES string of the molecule is COc1ccccc1NC(=O)COc1ccc(/C=C/C(=O)c2cc(Br)cs2)cc1OC. The molecule has 0 fully saturated rings. The maximum Gasteiger partial charge on any atom is 0.262 e. The Labute approximate surface area is 192 Å². The van der Waals surface area contributed by atoms with Crippen LogP contribution in [0.15, 0.2) is 64.5 Å². The molecule has 0 saturated heterocycles. The summed E-state index contributed by atoms with van der Waals surface area (Å²) in [6.45, 7) is -0.199. The Bertz CT molecular complexity index is 1110. The number of rotatable bonds is 9. The van der Waals surface area contributed by atoms with E-state index in [1.165, 1.54) is 31.6 Å². The van der Waals surface area contributed by atoms with Gasteiger partial charge in [-0.15, -0.1) is 11.3 Å². The Morgan fingerprint density at radius 2 is 1.81 bits per heavy atom. The highest BCUT2D eigenvalue weighted by Gasteiger charge is 2.11. The van der Waals surface area contributed by atoms with Gasteiger partial charge in [-0.1, -0.05) is 24.3 Å². The van der Waals surface area contributed by atoms with Crippen LogP contribution in [0.5, 0.6) is 17.2 Å². The molecule has 160 valence electrons. The fourth-order valence-corrected chi connectivity index (χ4v) is 4.03. The second-order valence-electron chi connectivity index (χ2n) is 6.27. The van der Waals surface area contributed by atoms with Gasteiger partial charge in [0.1, 0.15) is 5.75 Å². The standard InChI is InChI=1S/C23H20BrNO5S/c1-28-19-6-4-3-5-17(19)25-23(27)13-30-20-10-8-15(11-21(20)29-2)7-9-18(26)22-12-16(24)14-31-22/h3-12,14H,13H2,1-2H3,(H,25,27)/b9-7+. The number of amides is 1. The van der Waals surface area contributed by atoms with E-state index in [0.29, 0.717) is 27.8 Å². The molecule has 0 aliphatic heterocycles. The molecule has 0 atom stereocenters. The molecule has 6 nitrogen and oxygen atoms in total. The number of methoxy groups -OCH3 is 2. The van der Waals surface area contributed by atoms with Crippen LogP contribution in [0.2, 0.25) is 0 Å². The van der Waals surface area contributed by atoms with Crippen LogP contribution in [0, 0.1) is 0 Å². The summed E-state index contributed by atoms with van der Waals surface area (Å²) in [6, 6.07) is 14.1. The molecule has 2 aromatic carbocycles. The molecule has 8 heteroatoms. The zero-order chi connectivity index (χ0) is 22.2. The summed E-state index contributed by atoms with van der Waals surface area (Å²) in [7, 11) is 3.05. The minimum Gasteiger partial charge on any atom is -0.495 e. The number of para-hydroxylation sites is 2. The van der Waals surface area contributed by atoms with Crippen LogP contribution in [0.3, 0.4) is 0 Å². The Kier molecular flexibility index (Phi) is 7.86. The highest BCUT2D eigenvalue weighted by Crippen LogP contribution is 2.29. The van der Waals surface area contributed by atoms with Crippen LogP contribution in [-0.2, 0) is 4.79 Å². The second kappa shape index (κ2) is 10.8. The molecule has 0 saturated carbocycles. The average Bonchev–Trinajstić information content (AvgIpc) is 3.23. The number of ketones is 1. The van der Waals surface area contributed by atoms with Crippen molar-refractivity contribution in [3.63, 3.8) is 0 Å². The quantitative estimate of drug-likeness (QED) is 0.312. The van der Waals surface area contributed by atoms with Crippen molar-refractivity contribution in [2.24, 2.45) is 0 Å². The molecule has 0 spiro atoms. The first-order chi connectivity index (χ1) is 15.0. The lowest BCUT2D eigenvalue weighted by Crippen LogP contribution is -2.20. The van der Waals surface area contributed by atoms with E-state index in [1.807, 2.05) is 11.4 Å². The summed E-state index contributed by atoms with van der Waals surface area (Å²) < 4.78 is 17.1. The van der Waals surface area contributed by atoms with Crippen molar-refractivity contribution < 1.29 is 23.8 Å². The third kappa shape index (κ3) is 6.19. The number of thiophene rings is 1. The molecule has 1 heterocycles. The number of benzene rings is 2. The lowest BCUT2D eigenvalue weighted by Gasteiger charge is -2.12. The van der Waals surface area contributed by atoms with Crippen LogP contribution in [-0.4, -0.2) is 32.5 Å². The summed E-state index contributed by atoms with van der Waals surface area (Å²) in [5.74, 6) is 1.03. The van der Waals surface area contributed by atoms with Crippen LogP contribution < -0.4 is 19.5 Å². The Morgan fingerprint density at radius 3 is 2.52 bits per heavy atom. The van der Waals surface area contributed by atoms with Crippen molar-refractivity contribution in [3.05, 3.63) is 74.9 Å². The summed E-state index contributed by atoms with van der Waals surface area (Å²) in [5, 5.41) is 4.61. The van der Waals surface area contributed by atoms with Crippen molar-refractivity contribution in [2.45, 2.75) is 0 Å². The molecule has 0 aliphatic rings. The van der Waals surface area contributed by atoms with Gasteiger partial charge in [-0.05, 0) is 57.9 Å². The number of carbonyl (C=O) groups excluding carboxylic acids is 2. The molecule has 1 aromatic heterocycles. The van der Waals surface area contributed by atoms with E-state index in [-0.39, 0.29) is 18.3 Å². The summed E-state index contributed by atoms with van der Waals surface area (Å²) >= 11 is 4.72. The largest absolute Gasteiger partial charge is 0.495 e. The van der Waals surface area contributed by atoms with Crippen molar-refractivity contribution in [2.75, 3.05) is 26.1 Å². The normalized spacial score (nSPS) is 10.7. The first-order valence-electron chi connectivity index (χ1n) is 9.20. The summed E-state index contributed by atoms with van der Waals surface area (Å²) in [6.07, 6.45) is 3.21. The van der Waals surface area contributed by atoms with Crippen molar-refractivity contribution >= 4 is 50.7 Å². The average molecular weight is 502 g/mol. The van der Waals surface area contributed by atoms with E-state index in [1.54, 1.807) is 48.5 Å². The number of halogens is 1. The van der Waals surface area contributed by atoms with Gasteiger partial charge in [-0.3, -0.25) is 9.59 Å². The van der Waals surface area contributed by atoms with Gasteiger partial charge < -0.3 is 19.5 Å². The van der Waals surface area contributed by atoms with E-state index >= 15 is 0 Å². The fraction of sp³-hybridized carbons (Fsp3) is 0.130. The van der Waals surface area contributed by atoms with Gasteiger partial charge in [0.2, 0.25) is 0 Å². The molecule has 1 amide bonds. The molecule has 0 radical (unpaired) electrons. The minimum absolute atomic E-state index is 0.0806. The monoisotopic (exact) mass is 501 g/mol. The van der Waals surface area contributed by atoms with Crippen LogP contribution >= 0.6 is 27.3 Å². The Hall–Kier alpha value is -3.10. The van der Waals surface area contributed by atoms with Crippen molar-refractivity contribution in [1.82, 2.24) is 0 Å². The number of hydrogen-bond donors (Lipinski definition) is 1. The highest BCUT2D eigenvalue weighted by atomic mass is 79.9. The third-order valence-electron chi connectivity index (χ3n) is 4.16. The molecule has 3 rings (SSSR count). The van der Waals surface area contributed by atoms with Crippen molar-refractivity contribution in [3.8, 4) is 17.2 Å². The van der Waals surface area contributed by atoms with E-state index in [9.17, 15) is 9.59 Å². The van der Waals surface area contributed by atoms with E-state index in [0.717, 1.165) is 10.0 Å². The predicted octanol–water partition coefficient (Wildman–Crippen LogP) is 5.44. The fourth-order valence-electron chi connectivity index (χ4n) is 2.68.